The molecule has 1 aliphatic heterocycles. The van der Waals surface area contributed by atoms with Crippen molar-refractivity contribution >= 4 is 29.1 Å². The van der Waals surface area contributed by atoms with Gasteiger partial charge in [0.2, 0.25) is 11.1 Å². The van der Waals surface area contributed by atoms with Crippen molar-refractivity contribution in [2.24, 2.45) is 0 Å². The molecule has 1 fully saturated rings. The number of esters is 1. The fourth-order valence-corrected chi connectivity index (χ4v) is 2.57. The number of ether oxygens (including phenoxy) is 2. The van der Waals surface area contributed by atoms with Crippen molar-refractivity contribution in [2.75, 3.05) is 25.2 Å². The maximum absolute atomic E-state index is 11.8. The summed E-state index contributed by atoms with van der Waals surface area (Å²) in [7, 11) is 1.27. The Hall–Kier alpha value is -2.00. The van der Waals surface area contributed by atoms with Gasteiger partial charge in [-0.3, -0.25) is 10.1 Å². The van der Waals surface area contributed by atoms with Crippen LogP contribution in [-0.4, -0.2) is 53.3 Å². The molecule has 0 amide bonds. The van der Waals surface area contributed by atoms with E-state index in [9.17, 15) is 14.9 Å². The predicted octanol–water partition coefficient (Wildman–Crippen LogP) is 1.19. The molecule has 2 rings (SSSR count). The van der Waals surface area contributed by atoms with Crippen molar-refractivity contribution in [3.63, 3.8) is 0 Å². The first-order valence-electron chi connectivity index (χ1n) is 6.62. The number of nitrogens with zero attached hydrogens (tertiary/aromatic N) is 4. The monoisotopic (exact) mass is 330 g/mol. The minimum Gasteiger partial charge on any atom is -0.467 e. The summed E-state index contributed by atoms with van der Waals surface area (Å²) >= 11 is 5.76. The van der Waals surface area contributed by atoms with Gasteiger partial charge in [-0.15, -0.1) is 0 Å². The summed E-state index contributed by atoms with van der Waals surface area (Å²) in [6.45, 7) is 2.41. The molecule has 120 valence electrons. The minimum absolute atomic E-state index is 0.0778. The van der Waals surface area contributed by atoms with Crippen molar-refractivity contribution in [1.29, 1.82) is 0 Å². The van der Waals surface area contributed by atoms with E-state index in [1.54, 1.807) is 4.90 Å². The number of carbonyl (C=O) groups is 1. The number of anilines is 1. The summed E-state index contributed by atoms with van der Waals surface area (Å²) in [5, 5.41) is 11.1. The maximum atomic E-state index is 11.8. The molecule has 10 heteroatoms. The summed E-state index contributed by atoms with van der Waals surface area (Å²) in [6, 6.07) is -0.439. The molecule has 0 radical (unpaired) electrons. The summed E-state index contributed by atoms with van der Waals surface area (Å²) < 4.78 is 10.2. The molecule has 1 aromatic rings. The minimum atomic E-state index is -0.836. The van der Waals surface area contributed by atoms with Crippen molar-refractivity contribution in [1.82, 2.24) is 9.97 Å². The van der Waals surface area contributed by atoms with E-state index >= 15 is 0 Å². The van der Waals surface area contributed by atoms with Gasteiger partial charge in [0.25, 0.3) is 0 Å². The van der Waals surface area contributed by atoms with E-state index in [4.69, 9.17) is 21.1 Å². The van der Waals surface area contributed by atoms with Crippen LogP contribution in [0.2, 0.25) is 5.28 Å². The Morgan fingerprint density at radius 3 is 3.00 bits per heavy atom. The van der Waals surface area contributed by atoms with Gasteiger partial charge in [-0.2, -0.15) is 4.98 Å². The molecule has 9 nitrogen and oxygen atoms in total. The number of hydrogen-bond acceptors (Lipinski definition) is 8. The van der Waals surface area contributed by atoms with Crippen molar-refractivity contribution in [3.8, 4) is 0 Å². The van der Waals surface area contributed by atoms with Crippen LogP contribution in [0.4, 0.5) is 11.5 Å². The lowest BCUT2D eigenvalue weighted by atomic mass is 10.0. The summed E-state index contributed by atoms with van der Waals surface area (Å²) in [5.74, 6) is -0.451. The number of methoxy groups -OCH3 is 1. The Morgan fingerprint density at radius 2 is 2.41 bits per heavy atom. The molecule has 1 saturated heterocycles. The fourth-order valence-electron chi connectivity index (χ4n) is 2.44. The van der Waals surface area contributed by atoms with Gasteiger partial charge < -0.3 is 14.4 Å². The molecule has 0 N–H and O–H groups in total. The highest BCUT2D eigenvalue weighted by molar-refractivity contribution is 6.28. The van der Waals surface area contributed by atoms with E-state index in [2.05, 4.69) is 9.97 Å². The smallest absolute Gasteiger partial charge is 0.337 e. The molecule has 2 heterocycles. The standard InChI is InChI=1S/C12H15ClN4O5/c1-3-7-9(11(18)21-2)22-5-4-16(7)10-8(17(19)20)6-14-12(13)15-10/h6-7,9H,3-5H2,1-2H3. The second kappa shape index (κ2) is 6.84. The van der Waals surface area contributed by atoms with Gasteiger partial charge in [-0.05, 0) is 18.0 Å². The Labute approximate surface area is 131 Å². The van der Waals surface area contributed by atoms with Crippen molar-refractivity contribution in [3.05, 3.63) is 21.6 Å². The molecule has 1 aromatic heterocycles. The van der Waals surface area contributed by atoms with E-state index in [-0.39, 0.29) is 23.4 Å². The van der Waals surface area contributed by atoms with Gasteiger partial charge in [0, 0.05) is 6.54 Å². The van der Waals surface area contributed by atoms with Crippen LogP contribution in [0, 0.1) is 10.1 Å². The number of carbonyl (C=O) groups excluding carboxylic acids is 1. The van der Waals surface area contributed by atoms with E-state index in [1.165, 1.54) is 7.11 Å². The Balaban J connectivity index is 2.43. The van der Waals surface area contributed by atoms with Crippen LogP contribution in [0.5, 0.6) is 0 Å². The van der Waals surface area contributed by atoms with Crippen LogP contribution in [0.25, 0.3) is 0 Å². The molecule has 2 unspecified atom stereocenters. The largest absolute Gasteiger partial charge is 0.467 e. The van der Waals surface area contributed by atoms with Crippen molar-refractivity contribution in [2.45, 2.75) is 25.5 Å². The van der Waals surface area contributed by atoms with E-state index in [0.717, 1.165) is 6.20 Å². The second-order valence-corrected chi connectivity index (χ2v) is 4.93. The molecule has 2 atom stereocenters. The van der Waals surface area contributed by atoms with Crippen LogP contribution < -0.4 is 4.90 Å². The fraction of sp³-hybridized carbons (Fsp3) is 0.583. The average Bonchev–Trinajstić information content (AvgIpc) is 2.52. The highest BCUT2D eigenvalue weighted by atomic mass is 35.5. The van der Waals surface area contributed by atoms with Crippen LogP contribution in [0.15, 0.2) is 6.20 Å². The molecule has 0 saturated carbocycles. The van der Waals surface area contributed by atoms with Gasteiger partial charge in [-0.1, -0.05) is 6.92 Å². The molecular weight excluding hydrogens is 316 g/mol. The average molecular weight is 331 g/mol. The number of aromatic nitrogens is 2. The third-order valence-electron chi connectivity index (χ3n) is 3.42. The first kappa shape index (κ1) is 16.4. The Kier molecular flexibility index (Phi) is 5.09. The van der Waals surface area contributed by atoms with Crippen LogP contribution in [-0.2, 0) is 14.3 Å². The zero-order valence-corrected chi connectivity index (χ0v) is 12.8. The molecule has 0 bridgehead atoms. The molecule has 1 aliphatic rings. The third-order valence-corrected chi connectivity index (χ3v) is 3.60. The predicted molar refractivity (Wildman–Crippen MR) is 76.9 cm³/mol. The Bertz CT molecular complexity index is 585. The lowest BCUT2D eigenvalue weighted by Gasteiger charge is -2.39. The summed E-state index contributed by atoms with van der Waals surface area (Å²) in [6.07, 6.45) is 0.732. The van der Waals surface area contributed by atoms with Crippen LogP contribution >= 0.6 is 11.6 Å². The molecule has 22 heavy (non-hydrogen) atoms. The number of rotatable bonds is 4. The van der Waals surface area contributed by atoms with Gasteiger partial charge in [0.15, 0.2) is 6.10 Å². The van der Waals surface area contributed by atoms with Gasteiger partial charge in [0.05, 0.1) is 24.7 Å². The molecule has 0 spiro atoms. The molecular formula is C12H15ClN4O5. The first-order chi connectivity index (χ1) is 10.5. The van der Waals surface area contributed by atoms with Crippen LogP contribution in [0.1, 0.15) is 13.3 Å². The van der Waals surface area contributed by atoms with Crippen molar-refractivity contribution < 1.29 is 19.2 Å². The van der Waals surface area contributed by atoms with Gasteiger partial charge >= 0.3 is 11.7 Å². The lowest BCUT2D eigenvalue weighted by Crippen LogP contribution is -2.55. The number of hydrogen-bond donors (Lipinski definition) is 0. The topological polar surface area (TPSA) is 108 Å². The quantitative estimate of drug-likeness (QED) is 0.350. The zero-order valence-electron chi connectivity index (χ0n) is 12.1. The number of nitro groups is 1. The van der Waals surface area contributed by atoms with Gasteiger partial charge in [-0.25, -0.2) is 9.78 Å². The SMILES string of the molecule is CCC1C(C(=O)OC)OCCN1c1nc(Cl)ncc1[N+](=O)[O-]. The van der Waals surface area contributed by atoms with E-state index < -0.39 is 23.0 Å². The number of halogens is 1. The first-order valence-corrected chi connectivity index (χ1v) is 7.00. The Morgan fingerprint density at radius 1 is 1.68 bits per heavy atom. The summed E-state index contributed by atoms with van der Waals surface area (Å²) in [4.78, 5) is 31.7. The normalized spacial score (nSPS) is 21.5. The zero-order chi connectivity index (χ0) is 16.3. The molecule has 0 aromatic carbocycles. The van der Waals surface area contributed by atoms with Crippen LogP contribution in [0.3, 0.4) is 0 Å². The highest BCUT2D eigenvalue weighted by Gasteiger charge is 2.40. The lowest BCUT2D eigenvalue weighted by molar-refractivity contribution is -0.384. The number of morpholine rings is 1. The third kappa shape index (κ3) is 3.09. The summed E-state index contributed by atoms with van der Waals surface area (Å²) in [5.41, 5.74) is -0.270. The van der Waals surface area contributed by atoms with E-state index in [0.29, 0.717) is 13.0 Å². The highest BCUT2D eigenvalue weighted by Crippen LogP contribution is 2.31. The van der Waals surface area contributed by atoms with E-state index in [1.807, 2.05) is 6.92 Å². The maximum Gasteiger partial charge on any atom is 0.337 e. The van der Waals surface area contributed by atoms with Gasteiger partial charge in [0.1, 0.15) is 6.20 Å². The molecule has 0 aliphatic carbocycles. The second-order valence-electron chi connectivity index (χ2n) is 4.59.